The zero-order valence-corrected chi connectivity index (χ0v) is 15.8. The second kappa shape index (κ2) is 8.11. The van der Waals surface area contributed by atoms with Crippen molar-refractivity contribution in [2.75, 3.05) is 6.61 Å². The molecule has 2 aromatic rings. The third-order valence-corrected chi connectivity index (χ3v) is 5.37. The van der Waals surface area contributed by atoms with Crippen molar-refractivity contribution in [1.82, 2.24) is 0 Å². The first-order valence-electron chi connectivity index (χ1n) is 9.47. The number of aliphatic hydroxyl groups is 3. The molecular weight excluding hydrogens is 396 g/mol. The Kier molecular flexibility index (Phi) is 5.52. The summed E-state index contributed by atoms with van der Waals surface area (Å²) in [4.78, 5) is 11.2. The summed E-state index contributed by atoms with van der Waals surface area (Å²) in [6, 6.07) is 12.0. The van der Waals surface area contributed by atoms with Gasteiger partial charge < -0.3 is 39.7 Å². The zero-order chi connectivity index (χ0) is 21.4. The Morgan fingerprint density at radius 3 is 2.43 bits per heavy atom. The normalized spacial score (nSPS) is 30.8. The molecule has 160 valence electrons. The Bertz CT molecular complexity index is 913. The number of carboxylic acids is 1. The lowest BCUT2D eigenvalue weighted by Crippen LogP contribution is -2.61. The molecule has 2 aliphatic heterocycles. The first kappa shape index (κ1) is 20.4. The first-order valence-corrected chi connectivity index (χ1v) is 9.47. The Labute approximate surface area is 171 Å². The Hall–Kier alpha value is -2.85. The van der Waals surface area contributed by atoms with Crippen molar-refractivity contribution in [3.8, 4) is 17.2 Å². The van der Waals surface area contributed by atoms with Gasteiger partial charge in [0.15, 0.2) is 6.10 Å². The number of carboxylic acid groups (broad SMARTS) is 1. The molecule has 2 heterocycles. The Morgan fingerprint density at radius 1 is 1.00 bits per heavy atom. The second-order valence-electron chi connectivity index (χ2n) is 7.43. The number of benzene rings is 2. The lowest BCUT2D eigenvalue weighted by atomic mass is 9.90. The van der Waals surface area contributed by atoms with Crippen LogP contribution in [0.15, 0.2) is 42.5 Å². The van der Waals surface area contributed by atoms with Crippen LogP contribution in [0.4, 0.5) is 0 Å². The molecule has 1 saturated heterocycles. The summed E-state index contributed by atoms with van der Waals surface area (Å²) in [7, 11) is 0. The van der Waals surface area contributed by atoms with Crippen LogP contribution in [0.3, 0.4) is 0 Å². The van der Waals surface area contributed by atoms with Crippen molar-refractivity contribution < 1.29 is 44.5 Å². The van der Waals surface area contributed by atoms with Crippen molar-refractivity contribution in [2.24, 2.45) is 0 Å². The van der Waals surface area contributed by atoms with Crippen LogP contribution in [0.25, 0.3) is 0 Å². The quantitative estimate of drug-likeness (QED) is 0.476. The highest BCUT2D eigenvalue weighted by Crippen LogP contribution is 2.36. The van der Waals surface area contributed by atoms with Gasteiger partial charge in [-0.3, -0.25) is 0 Å². The second-order valence-corrected chi connectivity index (χ2v) is 7.43. The molecule has 9 heteroatoms. The van der Waals surface area contributed by atoms with Gasteiger partial charge in [-0.1, -0.05) is 18.2 Å². The molecule has 0 spiro atoms. The standard InChI is InChI=1S/C21H22O9/c22-13-4-1-10(2-5-13)12-7-11-3-6-14(8-15(11)28-9-12)29-21-18(25)16(23)17(24)19(30-21)20(26)27/h1-6,8,12,16-19,21-25H,7,9H2,(H,26,27). The maximum Gasteiger partial charge on any atom is 0.335 e. The topological polar surface area (TPSA) is 146 Å². The number of hydrogen-bond donors (Lipinski definition) is 5. The number of ether oxygens (including phenoxy) is 3. The molecule has 4 rings (SSSR count). The van der Waals surface area contributed by atoms with Gasteiger partial charge in [0.1, 0.15) is 35.6 Å². The number of hydrogen-bond acceptors (Lipinski definition) is 8. The SMILES string of the molecule is O=C(O)C1OC(Oc2ccc3c(c2)OCC(c2ccc(O)cc2)C3)C(O)C(O)C1O. The summed E-state index contributed by atoms with van der Waals surface area (Å²) in [6.07, 6.45) is -7.63. The van der Waals surface area contributed by atoms with Crippen LogP contribution in [-0.2, 0) is 16.0 Å². The average molecular weight is 418 g/mol. The van der Waals surface area contributed by atoms with E-state index in [1.165, 1.54) is 0 Å². The molecule has 0 aromatic heterocycles. The lowest BCUT2D eigenvalue weighted by molar-refractivity contribution is -0.271. The van der Waals surface area contributed by atoms with Crippen molar-refractivity contribution in [3.05, 3.63) is 53.6 Å². The van der Waals surface area contributed by atoms with Crippen LogP contribution < -0.4 is 9.47 Å². The van der Waals surface area contributed by atoms with E-state index < -0.39 is 36.7 Å². The summed E-state index contributed by atoms with van der Waals surface area (Å²) in [6.45, 7) is 0.426. The summed E-state index contributed by atoms with van der Waals surface area (Å²) in [5, 5.41) is 48.3. The van der Waals surface area contributed by atoms with Crippen LogP contribution in [0, 0.1) is 0 Å². The third-order valence-electron chi connectivity index (χ3n) is 5.37. The number of aliphatic hydroxyl groups excluding tert-OH is 3. The van der Waals surface area contributed by atoms with Gasteiger partial charge in [-0.05, 0) is 35.7 Å². The van der Waals surface area contributed by atoms with Crippen molar-refractivity contribution >= 4 is 5.97 Å². The number of rotatable bonds is 4. The van der Waals surface area contributed by atoms with E-state index in [0.29, 0.717) is 12.4 Å². The molecule has 2 aliphatic rings. The summed E-state index contributed by atoms with van der Waals surface area (Å²) in [5.41, 5.74) is 1.99. The van der Waals surface area contributed by atoms with Crippen LogP contribution in [-0.4, -0.2) is 68.8 Å². The fourth-order valence-corrected chi connectivity index (χ4v) is 3.67. The third kappa shape index (κ3) is 3.92. The maximum atomic E-state index is 11.2. The summed E-state index contributed by atoms with van der Waals surface area (Å²) in [5.74, 6) is -0.304. The number of carbonyl (C=O) groups is 1. The monoisotopic (exact) mass is 418 g/mol. The van der Waals surface area contributed by atoms with Crippen molar-refractivity contribution in [2.45, 2.75) is 43.0 Å². The maximum absolute atomic E-state index is 11.2. The number of aliphatic carboxylic acids is 1. The first-order chi connectivity index (χ1) is 14.3. The molecule has 9 nitrogen and oxygen atoms in total. The number of phenols is 1. The molecule has 0 bridgehead atoms. The molecule has 0 aliphatic carbocycles. The van der Waals surface area contributed by atoms with E-state index in [1.807, 2.05) is 12.1 Å². The molecule has 5 N–H and O–H groups in total. The van der Waals surface area contributed by atoms with Crippen molar-refractivity contribution in [3.63, 3.8) is 0 Å². The minimum absolute atomic E-state index is 0.126. The van der Waals surface area contributed by atoms with Crippen LogP contribution >= 0.6 is 0 Å². The van der Waals surface area contributed by atoms with E-state index in [0.717, 1.165) is 17.5 Å². The number of aromatic hydroxyl groups is 1. The Balaban J connectivity index is 1.47. The molecule has 0 amide bonds. The Morgan fingerprint density at radius 2 is 1.73 bits per heavy atom. The fraction of sp³-hybridized carbons (Fsp3) is 0.381. The van der Waals surface area contributed by atoms with Crippen LogP contribution in [0.1, 0.15) is 17.0 Å². The predicted octanol–water partition coefficient (Wildman–Crippen LogP) is 0.382. The van der Waals surface area contributed by atoms with E-state index in [4.69, 9.17) is 19.3 Å². The average Bonchev–Trinajstić information content (AvgIpc) is 2.74. The number of fused-ring (bicyclic) bond motifs is 1. The number of phenolic OH excluding ortho intramolecular Hbond substituents is 1. The molecule has 2 aromatic carbocycles. The molecule has 6 unspecified atom stereocenters. The van der Waals surface area contributed by atoms with Gasteiger partial charge in [0.25, 0.3) is 0 Å². The van der Waals surface area contributed by atoms with Gasteiger partial charge in [-0.2, -0.15) is 0 Å². The zero-order valence-electron chi connectivity index (χ0n) is 15.8. The van der Waals surface area contributed by atoms with Crippen molar-refractivity contribution in [1.29, 1.82) is 0 Å². The van der Waals surface area contributed by atoms with E-state index in [2.05, 4.69) is 0 Å². The minimum Gasteiger partial charge on any atom is -0.508 e. The van der Waals surface area contributed by atoms with E-state index in [1.54, 1.807) is 30.3 Å². The van der Waals surface area contributed by atoms with Gasteiger partial charge in [0.05, 0.1) is 6.61 Å². The smallest absolute Gasteiger partial charge is 0.335 e. The van der Waals surface area contributed by atoms with Gasteiger partial charge in [-0.15, -0.1) is 0 Å². The van der Waals surface area contributed by atoms with Gasteiger partial charge in [-0.25, -0.2) is 4.79 Å². The van der Waals surface area contributed by atoms with Gasteiger partial charge >= 0.3 is 5.97 Å². The lowest BCUT2D eigenvalue weighted by Gasteiger charge is -2.38. The molecule has 0 radical (unpaired) electrons. The van der Waals surface area contributed by atoms with Crippen LogP contribution in [0.2, 0.25) is 0 Å². The summed E-state index contributed by atoms with van der Waals surface area (Å²) >= 11 is 0. The molecule has 0 saturated carbocycles. The highest BCUT2D eigenvalue weighted by atomic mass is 16.7. The predicted molar refractivity (Wildman–Crippen MR) is 101 cm³/mol. The van der Waals surface area contributed by atoms with E-state index in [9.17, 15) is 25.2 Å². The fourth-order valence-electron chi connectivity index (χ4n) is 3.67. The van der Waals surface area contributed by atoms with E-state index >= 15 is 0 Å². The molecule has 30 heavy (non-hydrogen) atoms. The minimum atomic E-state index is -1.78. The molecule has 6 atom stereocenters. The van der Waals surface area contributed by atoms with E-state index in [-0.39, 0.29) is 17.4 Å². The molecular formula is C21H22O9. The molecule has 1 fully saturated rings. The van der Waals surface area contributed by atoms with Gasteiger partial charge in [0, 0.05) is 12.0 Å². The summed E-state index contributed by atoms with van der Waals surface area (Å²) < 4.78 is 16.5. The highest BCUT2D eigenvalue weighted by Gasteiger charge is 2.48. The largest absolute Gasteiger partial charge is 0.508 e. The van der Waals surface area contributed by atoms with Gasteiger partial charge in [0.2, 0.25) is 6.29 Å². The highest BCUT2D eigenvalue weighted by molar-refractivity contribution is 5.73. The van der Waals surface area contributed by atoms with Crippen LogP contribution in [0.5, 0.6) is 17.2 Å².